The topological polar surface area (TPSA) is 49.4 Å². The van der Waals surface area contributed by atoms with E-state index < -0.39 is 5.92 Å². The van der Waals surface area contributed by atoms with Gasteiger partial charge in [-0.05, 0) is 30.3 Å². The number of nitrogens with one attached hydrogen (secondary N) is 1. The molecular formula is C17H14BrClN2O2. The van der Waals surface area contributed by atoms with Crippen molar-refractivity contribution in [2.75, 3.05) is 16.8 Å². The van der Waals surface area contributed by atoms with Gasteiger partial charge in [-0.2, -0.15) is 0 Å². The Hall–Kier alpha value is -1.85. The number of carbonyl (C=O) groups excluding carboxylic acids is 2. The minimum atomic E-state index is -0.391. The van der Waals surface area contributed by atoms with Crippen LogP contribution in [0.2, 0.25) is 5.02 Å². The lowest BCUT2D eigenvalue weighted by atomic mass is 10.1. The van der Waals surface area contributed by atoms with Crippen LogP contribution < -0.4 is 10.2 Å². The highest BCUT2D eigenvalue weighted by Gasteiger charge is 2.35. The summed E-state index contributed by atoms with van der Waals surface area (Å²) in [5.74, 6) is -0.642. The van der Waals surface area contributed by atoms with Crippen LogP contribution in [0.5, 0.6) is 0 Å². The van der Waals surface area contributed by atoms with Crippen molar-refractivity contribution in [1.82, 2.24) is 0 Å². The van der Waals surface area contributed by atoms with Crippen LogP contribution in [0.15, 0.2) is 53.0 Å². The van der Waals surface area contributed by atoms with Crippen LogP contribution in [-0.4, -0.2) is 18.4 Å². The molecule has 0 spiro atoms. The zero-order valence-electron chi connectivity index (χ0n) is 12.1. The fourth-order valence-electron chi connectivity index (χ4n) is 2.60. The van der Waals surface area contributed by atoms with Crippen molar-refractivity contribution in [3.05, 3.63) is 58.0 Å². The monoisotopic (exact) mass is 392 g/mol. The molecule has 1 aliphatic rings. The molecule has 3 rings (SSSR count). The molecule has 4 nitrogen and oxygen atoms in total. The van der Waals surface area contributed by atoms with Gasteiger partial charge in [-0.3, -0.25) is 9.59 Å². The molecule has 2 aromatic rings. The normalized spacial score (nSPS) is 17.4. The summed E-state index contributed by atoms with van der Waals surface area (Å²) in [6.45, 7) is 0.336. The summed E-state index contributed by atoms with van der Waals surface area (Å²) in [5.41, 5.74) is 1.35. The van der Waals surface area contributed by atoms with E-state index >= 15 is 0 Å². The van der Waals surface area contributed by atoms with Crippen LogP contribution in [0, 0.1) is 5.92 Å². The molecule has 1 atom stereocenters. The van der Waals surface area contributed by atoms with Gasteiger partial charge in [0.15, 0.2) is 0 Å². The van der Waals surface area contributed by atoms with E-state index in [9.17, 15) is 9.59 Å². The summed E-state index contributed by atoms with van der Waals surface area (Å²) in [4.78, 5) is 26.2. The molecule has 1 unspecified atom stereocenters. The predicted molar refractivity (Wildman–Crippen MR) is 94.7 cm³/mol. The van der Waals surface area contributed by atoms with Gasteiger partial charge in [0, 0.05) is 23.1 Å². The second-order valence-electron chi connectivity index (χ2n) is 5.36. The number of benzene rings is 2. The molecular weight excluding hydrogens is 380 g/mol. The van der Waals surface area contributed by atoms with Crippen LogP contribution >= 0.6 is 27.5 Å². The summed E-state index contributed by atoms with van der Waals surface area (Å²) in [7, 11) is 0. The second-order valence-corrected chi connectivity index (χ2v) is 6.68. The van der Waals surface area contributed by atoms with Gasteiger partial charge in [0.1, 0.15) is 0 Å². The number of halogens is 2. The molecule has 2 amide bonds. The fourth-order valence-corrected chi connectivity index (χ4v) is 3.23. The summed E-state index contributed by atoms with van der Waals surface area (Å²) < 4.78 is 0.885. The lowest BCUT2D eigenvalue weighted by Gasteiger charge is -2.18. The number of rotatable bonds is 3. The molecule has 0 saturated carbocycles. The molecule has 23 heavy (non-hydrogen) atoms. The molecule has 118 valence electrons. The first-order chi connectivity index (χ1) is 11.0. The zero-order valence-corrected chi connectivity index (χ0v) is 14.5. The highest BCUT2D eigenvalue weighted by atomic mass is 79.9. The maximum absolute atomic E-state index is 12.4. The second kappa shape index (κ2) is 6.72. The number of hydrogen-bond donors (Lipinski definition) is 1. The number of para-hydroxylation sites is 1. The van der Waals surface area contributed by atoms with Crippen LogP contribution in [0.4, 0.5) is 11.4 Å². The van der Waals surface area contributed by atoms with E-state index in [1.54, 1.807) is 17.0 Å². The third kappa shape index (κ3) is 3.57. The molecule has 1 heterocycles. The maximum atomic E-state index is 12.4. The number of carbonyl (C=O) groups is 2. The Labute approximate surface area is 147 Å². The van der Waals surface area contributed by atoms with Crippen molar-refractivity contribution in [2.45, 2.75) is 6.42 Å². The van der Waals surface area contributed by atoms with Gasteiger partial charge in [0.05, 0.1) is 16.6 Å². The maximum Gasteiger partial charge on any atom is 0.229 e. The van der Waals surface area contributed by atoms with Gasteiger partial charge >= 0.3 is 0 Å². The number of hydrogen-bond acceptors (Lipinski definition) is 2. The first-order valence-electron chi connectivity index (χ1n) is 7.16. The van der Waals surface area contributed by atoms with Crippen LogP contribution in [0.25, 0.3) is 0 Å². The average molecular weight is 394 g/mol. The number of amides is 2. The van der Waals surface area contributed by atoms with Crippen molar-refractivity contribution in [3.63, 3.8) is 0 Å². The Kier molecular flexibility index (Phi) is 4.68. The quantitative estimate of drug-likeness (QED) is 0.854. The minimum absolute atomic E-state index is 0.0903. The molecule has 1 saturated heterocycles. The Morgan fingerprint density at radius 2 is 2.00 bits per heavy atom. The van der Waals surface area contributed by atoms with E-state index in [1.165, 1.54) is 0 Å². The molecule has 0 aromatic heterocycles. The first-order valence-corrected chi connectivity index (χ1v) is 8.33. The van der Waals surface area contributed by atoms with Crippen molar-refractivity contribution in [3.8, 4) is 0 Å². The third-order valence-corrected chi connectivity index (χ3v) is 4.54. The van der Waals surface area contributed by atoms with Crippen LogP contribution in [0.3, 0.4) is 0 Å². The van der Waals surface area contributed by atoms with Gasteiger partial charge in [-0.1, -0.05) is 45.7 Å². The number of anilines is 2. The van der Waals surface area contributed by atoms with E-state index in [4.69, 9.17) is 11.6 Å². The summed E-state index contributed by atoms with van der Waals surface area (Å²) in [6.07, 6.45) is 0.186. The van der Waals surface area contributed by atoms with Gasteiger partial charge in [0.2, 0.25) is 11.8 Å². The van der Waals surface area contributed by atoms with E-state index in [2.05, 4.69) is 21.2 Å². The Balaban J connectivity index is 1.72. The molecule has 0 radical (unpaired) electrons. The highest BCUT2D eigenvalue weighted by molar-refractivity contribution is 9.10. The first kappa shape index (κ1) is 16.0. The Bertz CT molecular complexity index is 766. The van der Waals surface area contributed by atoms with Crippen LogP contribution in [0.1, 0.15) is 6.42 Å². The van der Waals surface area contributed by atoms with Crippen molar-refractivity contribution in [2.24, 2.45) is 5.92 Å². The van der Waals surface area contributed by atoms with E-state index in [-0.39, 0.29) is 18.2 Å². The lowest BCUT2D eigenvalue weighted by molar-refractivity contribution is -0.122. The number of nitrogens with zero attached hydrogens (tertiary/aromatic N) is 1. The summed E-state index contributed by atoms with van der Waals surface area (Å²) in [5, 5.41) is 3.36. The van der Waals surface area contributed by atoms with E-state index in [0.717, 1.165) is 4.47 Å². The van der Waals surface area contributed by atoms with E-state index in [0.29, 0.717) is 22.9 Å². The Morgan fingerprint density at radius 1 is 1.22 bits per heavy atom. The summed E-state index contributed by atoms with van der Waals surface area (Å²) in [6, 6.07) is 14.5. The minimum Gasteiger partial charge on any atom is -0.326 e. The molecule has 1 aliphatic heterocycles. The largest absolute Gasteiger partial charge is 0.326 e. The van der Waals surface area contributed by atoms with Gasteiger partial charge in [-0.15, -0.1) is 0 Å². The predicted octanol–water partition coefficient (Wildman–Crippen LogP) is 4.09. The van der Waals surface area contributed by atoms with Crippen molar-refractivity contribution >= 4 is 50.7 Å². The van der Waals surface area contributed by atoms with E-state index in [1.807, 2.05) is 36.4 Å². The smallest absolute Gasteiger partial charge is 0.229 e. The van der Waals surface area contributed by atoms with Gasteiger partial charge in [-0.25, -0.2) is 0 Å². The third-order valence-electron chi connectivity index (χ3n) is 3.73. The molecule has 1 N–H and O–H groups in total. The SMILES string of the molecule is O=C(Nc1cccc(Br)c1)C1CC(=O)N(c2ccccc2Cl)C1. The summed E-state index contributed by atoms with van der Waals surface area (Å²) >= 11 is 9.51. The standard InChI is InChI=1S/C17H14BrClN2O2/c18-12-4-3-5-13(9-12)20-17(23)11-8-16(22)21(10-11)15-7-2-1-6-14(15)19/h1-7,9,11H,8,10H2,(H,20,23). The average Bonchev–Trinajstić information content (AvgIpc) is 2.90. The highest BCUT2D eigenvalue weighted by Crippen LogP contribution is 2.31. The molecule has 0 bridgehead atoms. The molecule has 2 aromatic carbocycles. The van der Waals surface area contributed by atoms with Crippen LogP contribution in [-0.2, 0) is 9.59 Å². The van der Waals surface area contributed by atoms with Gasteiger partial charge in [0.25, 0.3) is 0 Å². The van der Waals surface area contributed by atoms with Crippen molar-refractivity contribution in [1.29, 1.82) is 0 Å². The Morgan fingerprint density at radius 3 is 2.74 bits per heavy atom. The lowest BCUT2D eigenvalue weighted by Crippen LogP contribution is -2.28. The fraction of sp³-hybridized carbons (Fsp3) is 0.176. The zero-order chi connectivity index (χ0) is 16.4. The van der Waals surface area contributed by atoms with Crippen molar-refractivity contribution < 1.29 is 9.59 Å². The van der Waals surface area contributed by atoms with Gasteiger partial charge < -0.3 is 10.2 Å². The molecule has 0 aliphatic carbocycles. The molecule has 6 heteroatoms. The molecule has 1 fully saturated rings.